The summed E-state index contributed by atoms with van der Waals surface area (Å²) < 4.78 is 29.8. The monoisotopic (exact) mass is 464 g/mol. The highest BCUT2D eigenvalue weighted by Crippen LogP contribution is 2.32. The molecular weight excluding hydrogens is 432 g/mol. The van der Waals surface area contributed by atoms with Gasteiger partial charge in [0, 0.05) is 63.4 Å². The fraction of sp³-hybridized carbons (Fsp3) is 0.385. The molecule has 0 radical (unpaired) electrons. The van der Waals surface area contributed by atoms with Crippen molar-refractivity contribution in [3.63, 3.8) is 0 Å². The predicted molar refractivity (Wildman–Crippen MR) is 134 cm³/mol. The molecule has 1 saturated heterocycles. The molecule has 5 rings (SSSR count). The van der Waals surface area contributed by atoms with Crippen molar-refractivity contribution in [1.29, 1.82) is 0 Å². The Bertz CT molecular complexity index is 1250. The van der Waals surface area contributed by atoms with E-state index in [1.54, 1.807) is 6.07 Å². The van der Waals surface area contributed by atoms with E-state index in [0.29, 0.717) is 11.4 Å². The fourth-order valence-electron chi connectivity index (χ4n) is 5.08. The largest absolute Gasteiger partial charge is 0.374 e. The van der Waals surface area contributed by atoms with Crippen molar-refractivity contribution in [2.45, 2.75) is 17.4 Å². The molecule has 174 valence electrons. The Hall–Kier alpha value is -2.45. The number of hydrogen-bond donors (Lipinski definition) is 1. The summed E-state index contributed by atoms with van der Waals surface area (Å²) in [5.74, 6) is 0. The van der Waals surface area contributed by atoms with Crippen LogP contribution in [0.1, 0.15) is 17.2 Å². The third kappa shape index (κ3) is 4.51. The van der Waals surface area contributed by atoms with Crippen LogP contribution in [0.4, 0.5) is 5.69 Å². The number of anilines is 1. The van der Waals surface area contributed by atoms with Crippen LogP contribution in [0.5, 0.6) is 0 Å². The fourth-order valence-corrected chi connectivity index (χ4v) is 6.35. The van der Waals surface area contributed by atoms with Crippen molar-refractivity contribution < 1.29 is 8.42 Å². The molecule has 3 aromatic rings. The van der Waals surface area contributed by atoms with Gasteiger partial charge < -0.3 is 9.80 Å². The number of fused-ring (bicyclic) bond motifs is 2. The van der Waals surface area contributed by atoms with E-state index < -0.39 is 10.0 Å². The van der Waals surface area contributed by atoms with Crippen molar-refractivity contribution in [2.24, 2.45) is 0 Å². The van der Waals surface area contributed by atoms with Gasteiger partial charge in [0.05, 0.1) is 4.90 Å². The van der Waals surface area contributed by atoms with Gasteiger partial charge in [0.25, 0.3) is 0 Å². The zero-order valence-electron chi connectivity index (χ0n) is 19.4. The quantitative estimate of drug-likeness (QED) is 0.608. The van der Waals surface area contributed by atoms with E-state index in [1.807, 2.05) is 36.4 Å². The topological polar surface area (TPSA) is 55.9 Å². The summed E-state index contributed by atoms with van der Waals surface area (Å²) in [6, 6.07) is 19.7. The SMILES string of the molecule is CN1CCN([C@H](CNS(=O)(=O)c2cccc3ccccc23)c2ccc3c(c2)CCN3C)CC1. The molecule has 0 aromatic heterocycles. The molecule has 0 spiro atoms. The molecule has 0 amide bonds. The number of hydrogen-bond acceptors (Lipinski definition) is 5. The first-order chi connectivity index (χ1) is 15.9. The van der Waals surface area contributed by atoms with Crippen molar-refractivity contribution in [1.82, 2.24) is 14.5 Å². The van der Waals surface area contributed by atoms with Gasteiger partial charge in [-0.25, -0.2) is 13.1 Å². The van der Waals surface area contributed by atoms with Crippen molar-refractivity contribution in [3.05, 3.63) is 71.8 Å². The van der Waals surface area contributed by atoms with Gasteiger partial charge in [0.15, 0.2) is 0 Å². The van der Waals surface area contributed by atoms with E-state index in [1.165, 1.54) is 16.8 Å². The molecular formula is C26H32N4O2S. The molecule has 3 aromatic carbocycles. The van der Waals surface area contributed by atoms with Crippen molar-refractivity contribution in [3.8, 4) is 0 Å². The second-order valence-corrected chi connectivity index (χ2v) is 11.0. The standard InChI is InChI=1S/C26H32N4O2S/c1-28-14-16-30(17-15-28)25(21-10-11-24-22(18-21)12-13-29(24)2)19-27-33(31,32)26-9-5-7-20-6-3-4-8-23(20)26/h3-11,18,25,27H,12-17,19H2,1-2H3/t25-/m1/s1. The molecule has 0 bridgehead atoms. The average molecular weight is 465 g/mol. The van der Waals surface area contributed by atoms with E-state index in [2.05, 4.69) is 51.7 Å². The maximum absolute atomic E-state index is 13.4. The van der Waals surface area contributed by atoms with Gasteiger partial charge in [-0.15, -0.1) is 0 Å². The van der Waals surface area contributed by atoms with Gasteiger partial charge in [0.2, 0.25) is 10.0 Å². The van der Waals surface area contributed by atoms with Gasteiger partial charge in [-0.1, -0.05) is 48.5 Å². The van der Waals surface area contributed by atoms with Crippen LogP contribution in [0.2, 0.25) is 0 Å². The number of nitrogens with zero attached hydrogens (tertiary/aromatic N) is 3. The number of benzene rings is 3. The number of sulfonamides is 1. The molecule has 0 unspecified atom stereocenters. The predicted octanol–water partition coefficient (Wildman–Crippen LogP) is 3.10. The highest BCUT2D eigenvalue weighted by atomic mass is 32.2. The van der Waals surface area contributed by atoms with Crippen LogP contribution in [0.25, 0.3) is 10.8 Å². The minimum atomic E-state index is -3.65. The van der Waals surface area contributed by atoms with Crippen molar-refractivity contribution >= 4 is 26.5 Å². The van der Waals surface area contributed by atoms with Crippen LogP contribution in [0.15, 0.2) is 65.6 Å². The lowest BCUT2D eigenvalue weighted by molar-refractivity contribution is 0.113. The second-order valence-electron chi connectivity index (χ2n) is 9.24. The van der Waals surface area contributed by atoms with Gasteiger partial charge in [-0.2, -0.15) is 0 Å². The Balaban J connectivity index is 1.44. The molecule has 2 aliphatic rings. The highest BCUT2D eigenvalue weighted by Gasteiger charge is 2.28. The number of likely N-dealkylation sites (N-methyl/N-ethyl adjacent to an activating group) is 2. The third-order valence-electron chi connectivity index (χ3n) is 7.10. The molecule has 7 heteroatoms. The minimum absolute atomic E-state index is 0.000317. The summed E-state index contributed by atoms with van der Waals surface area (Å²) in [5.41, 5.74) is 3.83. The Morgan fingerprint density at radius 3 is 2.48 bits per heavy atom. The third-order valence-corrected chi connectivity index (χ3v) is 8.58. The van der Waals surface area contributed by atoms with E-state index in [0.717, 1.165) is 49.9 Å². The first-order valence-electron chi connectivity index (χ1n) is 11.7. The Morgan fingerprint density at radius 1 is 0.909 bits per heavy atom. The highest BCUT2D eigenvalue weighted by molar-refractivity contribution is 7.89. The maximum atomic E-state index is 13.4. The summed E-state index contributed by atoms with van der Waals surface area (Å²) in [7, 11) is 0.611. The van der Waals surface area contributed by atoms with Gasteiger partial charge >= 0.3 is 0 Å². The molecule has 0 saturated carbocycles. The lowest BCUT2D eigenvalue weighted by Gasteiger charge is -2.38. The zero-order valence-corrected chi connectivity index (χ0v) is 20.2. The zero-order chi connectivity index (χ0) is 23.0. The number of nitrogens with one attached hydrogen (secondary N) is 1. The summed E-state index contributed by atoms with van der Waals surface area (Å²) in [5, 5.41) is 1.68. The maximum Gasteiger partial charge on any atom is 0.241 e. The number of piperazine rings is 1. The van der Waals surface area contributed by atoms with E-state index in [-0.39, 0.29) is 6.04 Å². The van der Waals surface area contributed by atoms with Crippen LogP contribution in [-0.4, -0.2) is 71.6 Å². The summed E-state index contributed by atoms with van der Waals surface area (Å²) >= 11 is 0. The molecule has 1 fully saturated rings. The van der Waals surface area contributed by atoms with Crippen LogP contribution in [-0.2, 0) is 16.4 Å². The lowest BCUT2D eigenvalue weighted by Crippen LogP contribution is -2.48. The van der Waals surface area contributed by atoms with E-state index in [9.17, 15) is 8.42 Å². The Kier molecular flexibility index (Phi) is 6.14. The average Bonchev–Trinajstić information content (AvgIpc) is 3.20. The van der Waals surface area contributed by atoms with Crippen molar-refractivity contribution in [2.75, 3.05) is 58.3 Å². The first-order valence-corrected chi connectivity index (χ1v) is 13.1. The summed E-state index contributed by atoms with van der Waals surface area (Å²) in [6.07, 6.45) is 1.04. The summed E-state index contributed by atoms with van der Waals surface area (Å²) in [4.78, 5) is 7.37. The van der Waals surface area contributed by atoms with Crippen LogP contribution in [0, 0.1) is 0 Å². The molecule has 1 atom stereocenters. The van der Waals surface area contributed by atoms with E-state index >= 15 is 0 Å². The first kappa shape index (κ1) is 22.3. The van der Waals surface area contributed by atoms with Gasteiger partial charge in [0.1, 0.15) is 0 Å². The van der Waals surface area contributed by atoms with Gasteiger partial charge in [-0.3, -0.25) is 4.90 Å². The molecule has 6 nitrogen and oxygen atoms in total. The molecule has 2 aliphatic heterocycles. The van der Waals surface area contributed by atoms with Crippen LogP contribution < -0.4 is 9.62 Å². The lowest BCUT2D eigenvalue weighted by atomic mass is 10.0. The minimum Gasteiger partial charge on any atom is -0.374 e. The summed E-state index contributed by atoms with van der Waals surface area (Å²) in [6.45, 7) is 5.21. The molecule has 1 N–H and O–H groups in total. The number of rotatable bonds is 6. The molecule has 33 heavy (non-hydrogen) atoms. The van der Waals surface area contributed by atoms with Crippen LogP contribution in [0.3, 0.4) is 0 Å². The Morgan fingerprint density at radius 2 is 1.67 bits per heavy atom. The van der Waals surface area contributed by atoms with Gasteiger partial charge in [-0.05, 0) is 42.1 Å². The second kappa shape index (κ2) is 9.06. The normalized spacial score (nSPS) is 18.5. The molecule has 0 aliphatic carbocycles. The van der Waals surface area contributed by atoms with E-state index in [4.69, 9.17) is 0 Å². The Labute approximate surface area is 196 Å². The molecule has 2 heterocycles. The smallest absolute Gasteiger partial charge is 0.241 e. The van der Waals surface area contributed by atoms with Crippen LogP contribution >= 0.6 is 0 Å².